The SMILES string of the molecule is CCOCCCNC(=O)C1CCN(CC(=O)Nc2ccccc2N2CCCC2=O)CC1. The molecule has 8 nitrogen and oxygen atoms in total. The Labute approximate surface area is 184 Å². The molecule has 0 saturated carbocycles. The first-order valence-corrected chi connectivity index (χ1v) is 11.4. The minimum Gasteiger partial charge on any atom is -0.382 e. The van der Waals surface area contributed by atoms with Crippen LogP contribution in [0, 0.1) is 5.92 Å². The van der Waals surface area contributed by atoms with Gasteiger partial charge in [0.25, 0.3) is 0 Å². The van der Waals surface area contributed by atoms with Gasteiger partial charge in [-0.2, -0.15) is 0 Å². The van der Waals surface area contributed by atoms with Gasteiger partial charge in [0.15, 0.2) is 0 Å². The molecular formula is C23H34N4O4. The van der Waals surface area contributed by atoms with Gasteiger partial charge in [-0.3, -0.25) is 19.3 Å². The lowest BCUT2D eigenvalue weighted by atomic mass is 9.96. The van der Waals surface area contributed by atoms with Crippen LogP contribution in [0.15, 0.2) is 24.3 Å². The second-order valence-corrected chi connectivity index (χ2v) is 8.11. The highest BCUT2D eigenvalue weighted by Gasteiger charge is 2.27. The lowest BCUT2D eigenvalue weighted by Crippen LogP contribution is -2.43. The molecule has 3 rings (SSSR count). The minimum absolute atomic E-state index is 0.00769. The summed E-state index contributed by atoms with van der Waals surface area (Å²) in [7, 11) is 0. The van der Waals surface area contributed by atoms with Crippen molar-refractivity contribution in [1.82, 2.24) is 10.2 Å². The maximum absolute atomic E-state index is 12.6. The number of anilines is 2. The highest BCUT2D eigenvalue weighted by atomic mass is 16.5. The second kappa shape index (κ2) is 11.8. The van der Waals surface area contributed by atoms with Gasteiger partial charge in [-0.05, 0) is 57.8 Å². The van der Waals surface area contributed by atoms with Gasteiger partial charge >= 0.3 is 0 Å². The van der Waals surface area contributed by atoms with Crippen molar-refractivity contribution in [1.29, 1.82) is 0 Å². The van der Waals surface area contributed by atoms with Crippen LogP contribution < -0.4 is 15.5 Å². The van der Waals surface area contributed by atoms with E-state index in [1.54, 1.807) is 4.90 Å². The van der Waals surface area contributed by atoms with Crippen molar-refractivity contribution in [2.45, 2.75) is 39.0 Å². The molecule has 0 bridgehead atoms. The van der Waals surface area contributed by atoms with Crippen molar-refractivity contribution < 1.29 is 19.1 Å². The van der Waals surface area contributed by atoms with Gasteiger partial charge in [0.2, 0.25) is 17.7 Å². The van der Waals surface area contributed by atoms with Crippen molar-refractivity contribution in [3.8, 4) is 0 Å². The fourth-order valence-corrected chi connectivity index (χ4v) is 4.14. The molecule has 0 unspecified atom stereocenters. The van der Waals surface area contributed by atoms with E-state index >= 15 is 0 Å². The van der Waals surface area contributed by atoms with Crippen LogP contribution in [-0.4, -0.2) is 68.6 Å². The summed E-state index contributed by atoms with van der Waals surface area (Å²) >= 11 is 0. The zero-order chi connectivity index (χ0) is 22.1. The standard InChI is InChI=1S/C23H34N4O4/c1-2-31-16-6-12-24-23(30)18-10-14-26(15-11-18)17-21(28)25-19-7-3-4-8-20(19)27-13-5-9-22(27)29/h3-4,7-8,18H,2,5-6,9-17H2,1H3,(H,24,30)(H,25,28). The Morgan fingerprint density at radius 3 is 2.65 bits per heavy atom. The summed E-state index contributed by atoms with van der Waals surface area (Å²) in [5.74, 6) is 0.107. The monoisotopic (exact) mass is 430 g/mol. The third-order valence-electron chi connectivity index (χ3n) is 5.84. The predicted octanol–water partition coefficient (Wildman–Crippen LogP) is 2.01. The topological polar surface area (TPSA) is 91.0 Å². The van der Waals surface area contributed by atoms with E-state index in [2.05, 4.69) is 15.5 Å². The Hall–Kier alpha value is -2.45. The molecule has 0 aromatic heterocycles. The largest absolute Gasteiger partial charge is 0.382 e. The molecule has 2 N–H and O–H groups in total. The molecule has 2 aliphatic heterocycles. The maximum Gasteiger partial charge on any atom is 0.238 e. The third kappa shape index (κ3) is 6.77. The molecule has 3 amide bonds. The van der Waals surface area contributed by atoms with Crippen LogP contribution in [-0.2, 0) is 19.1 Å². The normalized spacial score (nSPS) is 17.7. The summed E-state index contributed by atoms with van der Waals surface area (Å²) < 4.78 is 5.28. The van der Waals surface area contributed by atoms with E-state index in [9.17, 15) is 14.4 Å². The summed E-state index contributed by atoms with van der Waals surface area (Å²) in [6, 6.07) is 7.44. The van der Waals surface area contributed by atoms with Gasteiger partial charge in [0, 0.05) is 38.6 Å². The van der Waals surface area contributed by atoms with Crippen LogP contribution in [0.2, 0.25) is 0 Å². The maximum atomic E-state index is 12.6. The zero-order valence-electron chi connectivity index (χ0n) is 18.4. The molecule has 0 spiro atoms. The van der Waals surface area contributed by atoms with Gasteiger partial charge in [-0.15, -0.1) is 0 Å². The highest BCUT2D eigenvalue weighted by molar-refractivity contribution is 6.02. The van der Waals surface area contributed by atoms with E-state index < -0.39 is 0 Å². The first kappa shape index (κ1) is 23.2. The Bertz CT molecular complexity index is 762. The molecule has 8 heteroatoms. The number of para-hydroxylation sites is 2. The van der Waals surface area contributed by atoms with Crippen LogP contribution in [0.4, 0.5) is 11.4 Å². The molecule has 0 aliphatic carbocycles. The Balaban J connectivity index is 1.42. The van der Waals surface area contributed by atoms with E-state index in [1.807, 2.05) is 31.2 Å². The number of rotatable bonds is 10. The summed E-state index contributed by atoms with van der Waals surface area (Å²) in [6.45, 7) is 6.37. The average Bonchev–Trinajstić information content (AvgIpc) is 3.20. The Morgan fingerprint density at radius 1 is 1.16 bits per heavy atom. The van der Waals surface area contributed by atoms with E-state index in [4.69, 9.17) is 4.74 Å². The molecule has 0 atom stereocenters. The fourth-order valence-electron chi connectivity index (χ4n) is 4.14. The third-order valence-corrected chi connectivity index (χ3v) is 5.84. The number of nitrogens with one attached hydrogen (secondary N) is 2. The number of hydrogen-bond donors (Lipinski definition) is 2. The van der Waals surface area contributed by atoms with E-state index in [0.717, 1.165) is 44.5 Å². The first-order chi connectivity index (χ1) is 15.1. The fraction of sp³-hybridized carbons (Fsp3) is 0.609. The van der Waals surface area contributed by atoms with Gasteiger partial charge < -0.3 is 20.3 Å². The van der Waals surface area contributed by atoms with Crippen LogP contribution in [0.25, 0.3) is 0 Å². The summed E-state index contributed by atoms with van der Waals surface area (Å²) in [5.41, 5.74) is 1.43. The van der Waals surface area contributed by atoms with Gasteiger partial charge in [-0.1, -0.05) is 12.1 Å². The smallest absolute Gasteiger partial charge is 0.238 e. The van der Waals surface area contributed by atoms with Crippen LogP contribution in [0.1, 0.15) is 39.0 Å². The molecule has 2 saturated heterocycles. The molecular weight excluding hydrogens is 396 g/mol. The number of nitrogens with zero attached hydrogens (tertiary/aromatic N) is 2. The zero-order valence-corrected chi connectivity index (χ0v) is 18.4. The molecule has 2 fully saturated rings. The number of piperidine rings is 1. The average molecular weight is 431 g/mol. The van der Waals surface area contributed by atoms with Gasteiger partial charge in [0.1, 0.15) is 0 Å². The molecule has 31 heavy (non-hydrogen) atoms. The van der Waals surface area contributed by atoms with Crippen molar-refractivity contribution in [2.75, 3.05) is 56.2 Å². The van der Waals surface area contributed by atoms with Crippen LogP contribution in [0.3, 0.4) is 0 Å². The number of hydrogen-bond acceptors (Lipinski definition) is 5. The Kier molecular flexibility index (Phi) is 8.85. The second-order valence-electron chi connectivity index (χ2n) is 8.11. The van der Waals surface area contributed by atoms with E-state index in [1.165, 1.54) is 0 Å². The van der Waals surface area contributed by atoms with Crippen LogP contribution in [0.5, 0.6) is 0 Å². The van der Waals surface area contributed by atoms with Crippen molar-refractivity contribution in [2.24, 2.45) is 5.92 Å². The molecule has 1 aromatic rings. The number of carbonyl (C=O) groups excluding carboxylic acids is 3. The minimum atomic E-state index is -0.0991. The van der Waals surface area contributed by atoms with E-state index in [0.29, 0.717) is 38.4 Å². The number of carbonyl (C=O) groups is 3. The summed E-state index contributed by atoms with van der Waals surface area (Å²) in [5, 5.41) is 5.96. The Morgan fingerprint density at radius 2 is 1.94 bits per heavy atom. The summed E-state index contributed by atoms with van der Waals surface area (Å²) in [4.78, 5) is 40.9. The van der Waals surface area contributed by atoms with Crippen molar-refractivity contribution >= 4 is 29.1 Å². The number of likely N-dealkylation sites (tertiary alicyclic amines) is 1. The molecule has 1 aromatic carbocycles. The number of benzene rings is 1. The number of ether oxygens (including phenoxy) is 1. The van der Waals surface area contributed by atoms with Gasteiger partial charge in [0.05, 0.1) is 17.9 Å². The summed E-state index contributed by atoms with van der Waals surface area (Å²) in [6.07, 6.45) is 3.73. The van der Waals surface area contributed by atoms with Crippen molar-refractivity contribution in [3.63, 3.8) is 0 Å². The van der Waals surface area contributed by atoms with Crippen molar-refractivity contribution in [3.05, 3.63) is 24.3 Å². The molecule has 170 valence electrons. The van der Waals surface area contributed by atoms with Crippen LogP contribution >= 0.6 is 0 Å². The van der Waals surface area contributed by atoms with Gasteiger partial charge in [-0.25, -0.2) is 0 Å². The van der Waals surface area contributed by atoms with E-state index in [-0.39, 0.29) is 30.2 Å². The highest BCUT2D eigenvalue weighted by Crippen LogP contribution is 2.29. The molecule has 2 heterocycles. The molecule has 2 aliphatic rings. The lowest BCUT2D eigenvalue weighted by Gasteiger charge is -2.31. The quantitative estimate of drug-likeness (QED) is 0.554. The lowest BCUT2D eigenvalue weighted by molar-refractivity contribution is -0.126. The number of amides is 3. The first-order valence-electron chi connectivity index (χ1n) is 11.4. The predicted molar refractivity (Wildman–Crippen MR) is 120 cm³/mol. The molecule has 0 radical (unpaired) electrons.